The monoisotopic (exact) mass is 352 g/mol. The summed E-state index contributed by atoms with van der Waals surface area (Å²) in [5.74, 6) is 2.34. The second-order valence-corrected chi connectivity index (χ2v) is 5.44. The van der Waals surface area contributed by atoms with Crippen molar-refractivity contribution < 1.29 is 18.8 Å². The number of benzene rings is 2. The molecule has 4 rings (SSSR count). The Morgan fingerprint density at radius 3 is 2.42 bits per heavy atom. The number of imidazole rings is 1. The van der Waals surface area contributed by atoms with E-state index in [4.69, 9.17) is 18.8 Å². The van der Waals surface area contributed by atoms with Crippen LogP contribution < -0.4 is 14.2 Å². The maximum atomic E-state index is 5.44. The van der Waals surface area contributed by atoms with Crippen LogP contribution in [0.1, 0.15) is 0 Å². The molecule has 0 aliphatic heterocycles. The quantitative estimate of drug-likeness (QED) is 0.545. The highest BCUT2D eigenvalue weighted by Crippen LogP contribution is 2.40. The fraction of sp³-hybridized carbons (Fsp3) is 0.167. The molecule has 8 heteroatoms. The lowest BCUT2D eigenvalue weighted by Crippen LogP contribution is -2.01. The summed E-state index contributed by atoms with van der Waals surface area (Å²) in [6.07, 6.45) is 3.56. The van der Waals surface area contributed by atoms with Crippen molar-refractivity contribution in [2.75, 3.05) is 21.3 Å². The van der Waals surface area contributed by atoms with Crippen molar-refractivity contribution in [3.63, 3.8) is 0 Å². The van der Waals surface area contributed by atoms with Gasteiger partial charge in [0.1, 0.15) is 16.9 Å². The Kier molecular flexibility index (Phi) is 3.92. The van der Waals surface area contributed by atoms with Crippen LogP contribution in [-0.2, 0) is 0 Å². The lowest BCUT2D eigenvalue weighted by Gasteiger charge is -2.15. The van der Waals surface area contributed by atoms with E-state index in [1.165, 1.54) is 0 Å². The number of methoxy groups -OCH3 is 3. The van der Waals surface area contributed by atoms with Crippen molar-refractivity contribution in [3.8, 4) is 34.3 Å². The second kappa shape index (κ2) is 6.40. The highest BCUT2D eigenvalue weighted by molar-refractivity contribution is 5.89. The molecule has 0 N–H and O–H groups in total. The summed E-state index contributed by atoms with van der Waals surface area (Å²) in [5, 5.41) is 7.88. The van der Waals surface area contributed by atoms with Crippen molar-refractivity contribution >= 4 is 11.0 Å². The zero-order valence-electron chi connectivity index (χ0n) is 14.5. The molecular formula is C18H16N4O4. The van der Waals surface area contributed by atoms with Crippen LogP contribution in [-0.4, -0.2) is 41.2 Å². The van der Waals surface area contributed by atoms with Gasteiger partial charge in [0.2, 0.25) is 5.75 Å². The van der Waals surface area contributed by atoms with Gasteiger partial charge in [-0.1, -0.05) is 6.07 Å². The molecule has 0 spiro atoms. The molecule has 0 amide bonds. The first-order chi connectivity index (χ1) is 12.8. The smallest absolute Gasteiger partial charge is 0.203 e. The molecule has 4 aromatic rings. The minimum atomic E-state index is 0.531. The van der Waals surface area contributed by atoms with Gasteiger partial charge in [-0.25, -0.2) is 9.61 Å². The largest absolute Gasteiger partial charge is 0.493 e. The van der Waals surface area contributed by atoms with Crippen molar-refractivity contribution in [2.24, 2.45) is 0 Å². The van der Waals surface area contributed by atoms with Crippen LogP contribution in [0.3, 0.4) is 0 Å². The van der Waals surface area contributed by atoms with Gasteiger partial charge >= 0.3 is 0 Å². The maximum Gasteiger partial charge on any atom is 0.203 e. The van der Waals surface area contributed by atoms with Crippen molar-refractivity contribution in [1.29, 1.82) is 0 Å². The minimum absolute atomic E-state index is 0.531. The Balaban J connectivity index is 1.92. The van der Waals surface area contributed by atoms with Crippen LogP contribution in [0, 0.1) is 0 Å². The molecule has 0 saturated heterocycles. The summed E-state index contributed by atoms with van der Waals surface area (Å²) in [4.78, 5) is 4.49. The summed E-state index contributed by atoms with van der Waals surface area (Å²) in [6, 6.07) is 9.35. The first-order valence-electron chi connectivity index (χ1n) is 7.82. The number of rotatable bonds is 5. The van der Waals surface area contributed by atoms with E-state index in [0.717, 1.165) is 11.3 Å². The molecule has 0 atom stereocenters. The highest BCUT2D eigenvalue weighted by Gasteiger charge is 2.18. The average molecular weight is 352 g/mol. The molecule has 0 saturated carbocycles. The van der Waals surface area contributed by atoms with Gasteiger partial charge in [0.15, 0.2) is 11.5 Å². The summed E-state index contributed by atoms with van der Waals surface area (Å²) in [6.45, 7) is 0. The summed E-state index contributed by atoms with van der Waals surface area (Å²) in [5.41, 5.74) is 2.93. The SMILES string of the molecule is COc1cc(-n2ccnc2-c2cccc3nonc23)cc(OC)c1OC. The molecule has 2 aromatic carbocycles. The van der Waals surface area contributed by atoms with Crippen LogP contribution in [0.2, 0.25) is 0 Å². The Labute approximate surface area is 148 Å². The Hall–Kier alpha value is -3.55. The van der Waals surface area contributed by atoms with Gasteiger partial charge in [0.05, 0.1) is 27.0 Å². The lowest BCUT2D eigenvalue weighted by atomic mass is 10.1. The fourth-order valence-electron chi connectivity index (χ4n) is 2.90. The van der Waals surface area contributed by atoms with Crippen molar-refractivity contribution in [3.05, 3.63) is 42.7 Å². The molecule has 8 nitrogen and oxygen atoms in total. The first kappa shape index (κ1) is 15.9. The average Bonchev–Trinajstić information content (AvgIpc) is 3.35. The number of ether oxygens (including phenoxy) is 3. The van der Waals surface area contributed by atoms with Crippen molar-refractivity contribution in [2.45, 2.75) is 0 Å². The standard InChI is InChI=1S/C18H16N4O4/c1-23-14-9-11(10-15(24-2)17(14)25-3)22-8-7-19-18(22)12-5-4-6-13-16(12)21-26-20-13/h4-10H,1-3H3. The van der Waals surface area contributed by atoms with E-state index in [1.807, 2.05) is 41.1 Å². The fourth-order valence-corrected chi connectivity index (χ4v) is 2.90. The number of hydrogen-bond acceptors (Lipinski definition) is 7. The molecular weight excluding hydrogens is 336 g/mol. The molecule has 0 fully saturated rings. The van der Waals surface area contributed by atoms with E-state index >= 15 is 0 Å². The first-order valence-corrected chi connectivity index (χ1v) is 7.82. The predicted molar refractivity (Wildman–Crippen MR) is 94.0 cm³/mol. The van der Waals surface area contributed by atoms with Gasteiger partial charge in [0.25, 0.3) is 0 Å². The molecule has 0 unspecified atom stereocenters. The molecule has 0 bridgehead atoms. The van der Waals surface area contributed by atoms with Crippen LogP contribution in [0.25, 0.3) is 28.1 Å². The van der Waals surface area contributed by atoms with E-state index < -0.39 is 0 Å². The third-order valence-corrected chi connectivity index (χ3v) is 4.10. The zero-order chi connectivity index (χ0) is 18.1. The van der Waals surface area contributed by atoms with Gasteiger partial charge in [-0.05, 0) is 22.4 Å². The molecule has 0 aliphatic carbocycles. The van der Waals surface area contributed by atoms with E-state index in [-0.39, 0.29) is 0 Å². The third-order valence-electron chi connectivity index (χ3n) is 4.10. The highest BCUT2D eigenvalue weighted by atomic mass is 16.6. The van der Waals surface area contributed by atoms with Crippen LogP contribution >= 0.6 is 0 Å². The molecule has 132 valence electrons. The Morgan fingerprint density at radius 2 is 1.73 bits per heavy atom. The number of nitrogens with zero attached hydrogens (tertiary/aromatic N) is 4. The van der Waals surface area contributed by atoms with Gasteiger partial charge in [0, 0.05) is 30.1 Å². The molecule has 26 heavy (non-hydrogen) atoms. The Morgan fingerprint density at radius 1 is 0.962 bits per heavy atom. The normalized spacial score (nSPS) is 10.9. The number of hydrogen-bond donors (Lipinski definition) is 0. The maximum absolute atomic E-state index is 5.44. The zero-order valence-corrected chi connectivity index (χ0v) is 14.5. The summed E-state index contributed by atoms with van der Waals surface area (Å²) in [7, 11) is 4.73. The van der Waals surface area contributed by atoms with Gasteiger partial charge in [-0.2, -0.15) is 0 Å². The Bertz CT molecular complexity index is 1040. The van der Waals surface area contributed by atoms with Crippen LogP contribution in [0.15, 0.2) is 47.4 Å². The molecule has 0 aliphatic rings. The van der Waals surface area contributed by atoms with E-state index in [1.54, 1.807) is 27.5 Å². The van der Waals surface area contributed by atoms with Gasteiger partial charge in [-0.15, -0.1) is 0 Å². The minimum Gasteiger partial charge on any atom is -0.493 e. The second-order valence-electron chi connectivity index (χ2n) is 5.44. The van der Waals surface area contributed by atoms with E-state index in [2.05, 4.69) is 15.3 Å². The topological polar surface area (TPSA) is 84.4 Å². The van der Waals surface area contributed by atoms with Crippen molar-refractivity contribution in [1.82, 2.24) is 19.9 Å². The predicted octanol–water partition coefficient (Wildman–Crippen LogP) is 3.10. The summed E-state index contributed by atoms with van der Waals surface area (Å²) < 4.78 is 23.0. The number of aromatic nitrogens is 4. The molecule has 2 heterocycles. The molecule has 0 radical (unpaired) electrons. The third kappa shape index (κ3) is 2.43. The van der Waals surface area contributed by atoms with Gasteiger partial charge in [-0.3, -0.25) is 4.57 Å². The molecule has 2 aromatic heterocycles. The van der Waals surface area contributed by atoms with Crippen LogP contribution in [0.4, 0.5) is 0 Å². The summed E-state index contributed by atoms with van der Waals surface area (Å²) >= 11 is 0. The van der Waals surface area contributed by atoms with Crippen LogP contribution in [0.5, 0.6) is 17.2 Å². The number of fused-ring (bicyclic) bond motifs is 1. The van der Waals surface area contributed by atoms with Gasteiger partial charge < -0.3 is 14.2 Å². The van der Waals surface area contributed by atoms with E-state index in [0.29, 0.717) is 34.1 Å². The van der Waals surface area contributed by atoms with E-state index in [9.17, 15) is 0 Å². The lowest BCUT2D eigenvalue weighted by molar-refractivity contribution is 0.315.